The first-order valence-electron chi connectivity index (χ1n) is 6.51. The van der Waals surface area contributed by atoms with E-state index in [9.17, 15) is 13.2 Å². The molecule has 0 saturated carbocycles. The van der Waals surface area contributed by atoms with Gasteiger partial charge in [-0.2, -0.15) is 5.10 Å². The number of fused-ring (bicyclic) bond motifs is 1. The molecule has 1 unspecified atom stereocenters. The molecule has 1 aromatic heterocycles. The molecule has 3 rings (SSSR count). The van der Waals surface area contributed by atoms with Crippen LogP contribution in [0.15, 0.2) is 30.5 Å². The van der Waals surface area contributed by atoms with Crippen molar-refractivity contribution in [3.8, 4) is 11.4 Å². The van der Waals surface area contributed by atoms with Crippen molar-refractivity contribution in [3.05, 3.63) is 41.7 Å². The van der Waals surface area contributed by atoms with Crippen LogP contribution in [0.25, 0.3) is 5.69 Å². The zero-order valence-electron chi connectivity index (χ0n) is 10.9. The molecule has 0 radical (unpaired) electrons. The van der Waals surface area contributed by atoms with Crippen LogP contribution in [0.3, 0.4) is 0 Å². The summed E-state index contributed by atoms with van der Waals surface area (Å²) >= 11 is 6.25. The van der Waals surface area contributed by atoms with E-state index in [0.717, 1.165) is 30.5 Å². The third-order valence-electron chi connectivity index (χ3n) is 3.42. The normalized spacial score (nSPS) is 18.4. The van der Waals surface area contributed by atoms with Crippen molar-refractivity contribution >= 4 is 11.6 Å². The van der Waals surface area contributed by atoms with Crippen molar-refractivity contribution < 1.29 is 17.9 Å². The third-order valence-corrected chi connectivity index (χ3v) is 3.88. The molecule has 1 atom stereocenters. The van der Waals surface area contributed by atoms with E-state index in [1.165, 1.54) is 12.1 Å². The van der Waals surface area contributed by atoms with Crippen molar-refractivity contribution in [2.24, 2.45) is 0 Å². The van der Waals surface area contributed by atoms with Gasteiger partial charge in [0.2, 0.25) is 0 Å². The molecule has 1 aromatic carbocycles. The number of nitrogens with zero attached hydrogens (tertiary/aromatic N) is 2. The van der Waals surface area contributed by atoms with E-state index >= 15 is 0 Å². The van der Waals surface area contributed by atoms with Crippen LogP contribution in [-0.4, -0.2) is 16.1 Å². The van der Waals surface area contributed by atoms with Crippen molar-refractivity contribution in [2.45, 2.75) is 31.0 Å². The zero-order valence-corrected chi connectivity index (χ0v) is 11.7. The number of rotatable bonds is 2. The van der Waals surface area contributed by atoms with Gasteiger partial charge in [0.25, 0.3) is 0 Å². The first-order valence-corrected chi connectivity index (χ1v) is 6.95. The number of benzene rings is 1. The summed E-state index contributed by atoms with van der Waals surface area (Å²) in [5.74, 6) is -0.248. The van der Waals surface area contributed by atoms with Gasteiger partial charge < -0.3 is 4.74 Å². The van der Waals surface area contributed by atoms with E-state index in [1.807, 2.05) is 0 Å². The summed E-state index contributed by atoms with van der Waals surface area (Å²) in [6.45, 7) is 0. The summed E-state index contributed by atoms with van der Waals surface area (Å²) in [6, 6.07) is 5.65. The predicted octanol–water partition coefficient (Wildman–Crippen LogP) is 4.39. The zero-order chi connectivity index (χ0) is 15.0. The molecule has 1 aliphatic carbocycles. The highest BCUT2D eigenvalue weighted by molar-refractivity contribution is 6.20. The second kappa shape index (κ2) is 5.26. The molecule has 3 nitrogen and oxygen atoms in total. The number of hydrogen-bond acceptors (Lipinski definition) is 2. The van der Waals surface area contributed by atoms with Gasteiger partial charge in [0, 0.05) is 11.3 Å². The second-order valence-electron chi connectivity index (χ2n) is 4.86. The van der Waals surface area contributed by atoms with E-state index in [0.29, 0.717) is 5.69 Å². The first-order chi connectivity index (χ1) is 9.94. The highest BCUT2D eigenvalue weighted by Crippen LogP contribution is 2.35. The van der Waals surface area contributed by atoms with Crippen LogP contribution in [0.4, 0.5) is 13.2 Å². The minimum absolute atomic E-state index is 0.0460. The molecule has 0 fully saturated rings. The topological polar surface area (TPSA) is 27.1 Å². The van der Waals surface area contributed by atoms with E-state index in [1.54, 1.807) is 23.0 Å². The van der Waals surface area contributed by atoms with E-state index in [2.05, 4.69) is 9.84 Å². The number of alkyl halides is 4. The van der Waals surface area contributed by atoms with Crippen LogP contribution < -0.4 is 4.74 Å². The highest BCUT2D eigenvalue weighted by Gasteiger charge is 2.31. The summed E-state index contributed by atoms with van der Waals surface area (Å²) in [6.07, 6.45) is -0.204. The van der Waals surface area contributed by atoms with Crippen LogP contribution >= 0.6 is 11.6 Å². The molecule has 0 amide bonds. The minimum Gasteiger partial charge on any atom is -0.406 e. The molecule has 1 aliphatic rings. The molecular formula is C14H12ClF3N2O. The maximum absolute atomic E-state index is 12.1. The molecule has 0 bridgehead atoms. The van der Waals surface area contributed by atoms with Crippen LogP contribution in [-0.2, 0) is 6.42 Å². The van der Waals surface area contributed by atoms with Gasteiger partial charge in [-0.3, -0.25) is 0 Å². The summed E-state index contributed by atoms with van der Waals surface area (Å²) in [5.41, 5.74) is 2.71. The molecule has 1 heterocycles. The Morgan fingerprint density at radius 3 is 2.62 bits per heavy atom. The van der Waals surface area contributed by atoms with Gasteiger partial charge in [0.1, 0.15) is 5.75 Å². The largest absolute Gasteiger partial charge is 0.573 e. The first kappa shape index (κ1) is 14.3. The average Bonchev–Trinajstić information content (AvgIpc) is 2.83. The molecule has 0 saturated heterocycles. The Hall–Kier alpha value is -1.69. The summed E-state index contributed by atoms with van der Waals surface area (Å²) < 4.78 is 42.0. The van der Waals surface area contributed by atoms with Crippen LogP contribution in [0, 0.1) is 0 Å². The lowest BCUT2D eigenvalue weighted by Gasteiger charge is -2.18. The number of halogens is 4. The molecule has 2 aromatic rings. The maximum Gasteiger partial charge on any atom is 0.573 e. The summed E-state index contributed by atoms with van der Waals surface area (Å²) in [4.78, 5) is 0. The quantitative estimate of drug-likeness (QED) is 0.768. The Bertz CT molecular complexity index is 637. The van der Waals surface area contributed by atoms with E-state index in [-0.39, 0.29) is 11.1 Å². The Morgan fingerprint density at radius 2 is 1.95 bits per heavy atom. The fourth-order valence-corrected chi connectivity index (χ4v) is 2.85. The molecule has 0 aliphatic heterocycles. The number of aromatic nitrogens is 2. The van der Waals surface area contributed by atoms with Crippen molar-refractivity contribution in [1.29, 1.82) is 0 Å². The van der Waals surface area contributed by atoms with Gasteiger partial charge >= 0.3 is 6.36 Å². The van der Waals surface area contributed by atoms with Crippen molar-refractivity contribution in [2.75, 3.05) is 0 Å². The van der Waals surface area contributed by atoms with E-state index < -0.39 is 6.36 Å². The Kier molecular flexibility index (Phi) is 3.57. The van der Waals surface area contributed by atoms with Gasteiger partial charge in [-0.1, -0.05) is 0 Å². The van der Waals surface area contributed by atoms with Gasteiger partial charge in [-0.25, -0.2) is 4.68 Å². The molecule has 7 heteroatoms. The molecule has 21 heavy (non-hydrogen) atoms. The monoisotopic (exact) mass is 316 g/mol. The lowest BCUT2D eigenvalue weighted by atomic mass is 9.97. The van der Waals surface area contributed by atoms with Gasteiger partial charge in [-0.15, -0.1) is 24.8 Å². The third kappa shape index (κ3) is 3.00. The SMILES string of the molecule is FC(F)(F)Oc1ccc(-n2ncc3c2CCCC3Cl)cc1. The highest BCUT2D eigenvalue weighted by atomic mass is 35.5. The van der Waals surface area contributed by atoms with Gasteiger partial charge in [0.05, 0.1) is 17.3 Å². The molecule has 112 valence electrons. The molecular weight excluding hydrogens is 305 g/mol. The average molecular weight is 317 g/mol. The van der Waals surface area contributed by atoms with Crippen molar-refractivity contribution in [3.63, 3.8) is 0 Å². The van der Waals surface area contributed by atoms with E-state index in [4.69, 9.17) is 11.6 Å². The Labute approximate surface area is 124 Å². The smallest absolute Gasteiger partial charge is 0.406 e. The van der Waals surface area contributed by atoms with Gasteiger partial charge in [0.15, 0.2) is 0 Å². The Morgan fingerprint density at radius 1 is 1.24 bits per heavy atom. The predicted molar refractivity (Wildman–Crippen MR) is 71.8 cm³/mol. The van der Waals surface area contributed by atoms with Crippen LogP contribution in [0.1, 0.15) is 29.5 Å². The molecule has 0 spiro atoms. The lowest BCUT2D eigenvalue weighted by Crippen LogP contribution is -2.17. The fourth-order valence-electron chi connectivity index (χ4n) is 2.51. The molecule has 0 N–H and O–H groups in total. The van der Waals surface area contributed by atoms with Crippen LogP contribution in [0.2, 0.25) is 0 Å². The lowest BCUT2D eigenvalue weighted by molar-refractivity contribution is -0.274. The second-order valence-corrected chi connectivity index (χ2v) is 5.39. The summed E-state index contributed by atoms with van der Waals surface area (Å²) in [5, 5.41) is 4.25. The number of ether oxygens (including phenoxy) is 1. The van der Waals surface area contributed by atoms with Gasteiger partial charge in [-0.05, 0) is 43.5 Å². The Balaban J connectivity index is 1.88. The fraction of sp³-hybridized carbons (Fsp3) is 0.357. The van der Waals surface area contributed by atoms with Crippen molar-refractivity contribution in [1.82, 2.24) is 9.78 Å². The standard InChI is InChI=1S/C14H12ClF3N2O/c15-12-2-1-3-13-11(12)8-19-20(13)9-4-6-10(7-5-9)21-14(16,17)18/h4-8,12H,1-3H2. The van der Waals surface area contributed by atoms with Crippen LogP contribution in [0.5, 0.6) is 5.75 Å². The summed E-state index contributed by atoms with van der Waals surface area (Å²) in [7, 11) is 0. The maximum atomic E-state index is 12.1. The minimum atomic E-state index is -4.68. The number of hydrogen-bond donors (Lipinski definition) is 0.